The predicted molar refractivity (Wildman–Crippen MR) is 75.0 cm³/mol. The number of hydrogen-bond acceptors (Lipinski definition) is 3. The fourth-order valence-electron chi connectivity index (χ4n) is 2.44. The summed E-state index contributed by atoms with van der Waals surface area (Å²) in [5.41, 5.74) is 3.44. The van der Waals surface area contributed by atoms with Gasteiger partial charge in [0.05, 0.1) is 12.2 Å². The van der Waals surface area contributed by atoms with Crippen molar-refractivity contribution in [2.75, 3.05) is 7.05 Å². The van der Waals surface area contributed by atoms with E-state index in [0.717, 1.165) is 18.0 Å². The van der Waals surface area contributed by atoms with E-state index in [0.29, 0.717) is 6.54 Å². The third kappa shape index (κ3) is 2.27. The number of benzene rings is 1. The van der Waals surface area contributed by atoms with Crippen molar-refractivity contribution >= 4 is 10.9 Å². The van der Waals surface area contributed by atoms with Crippen LogP contribution in [0.4, 0.5) is 0 Å². The van der Waals surface area contributed by atoms with Crippen molar-refractivity contribution < 1.29 is 4.52 Å². The van der Waals surface area contributed by atoms with Gasteiger partial charge in [0.1, 0.15) is 0 Å². The molecule has 1 aromatic carbocycles. The Hall–Kier alpha value is -2.07. The summed E-state index contributed by atoms with van der Waals surface area (Å²) in [7, 11) is 1.96. The fraction of sp³-hybridized carbons (Fsp3) is 0.267. The molecule has 0 spiro atoms. The third-order valence-electron chi connectivity index (χ3n) is 3.24. The predicted octanol–water partition coefficient (Wildman–Crippen LogP) is 2.71. The molecule has 0 unspecified atom stereocenters. The Kier molecular flexibility index (Phi) is 3.09. The lowest BCUT2D eigenvalue weighted by atomic mass is 10.2. The average molecular weight is 255 g/mol. The number of rotatable bonds is 4. The molecule has 3 rings (SSSR count). The van der Waals surface area contributed by atoms with Crippen LogP contribution in [-0.2, 0) is 13.1 Å². The number of nitrogens with one attached hydrogen (secondary N) is 1. The van der Waals surface area contributed by atoms with E-state index < -0.39 is 0 Å². The van der Waals surface area contributed by atoms with Gasteiger partial charge in [0, 0.05) is 29.7 Å². The van der Waals surface area contributed by atoms with Gasteiger partial charge in [0.25, 0.3) is 0 Å². The van der Waals surface area contributed by atoms with Crippen molar-refractivity contribution in [1.82, 2.24) is 15.0 Å². The molecule has 0 saturated heterocycles. The summed E-state index contributed by atoms with van der Waals surface area (Å²) in [6.45, 7) is 3.52. The fourth-order valence-corrected chi connectivity index (χ4v) is 2.44. The molecule has 1 N–H and O–H groups in total. The van der Waals surface area contributed by atoms with Crippen LogP contribution in [0.2, 0.25) is 0 Å². The first-order chi connectivity index (χ1) is 9.28. The Labute approximate surface area is 112 Å². The number of nitrogens with zero attached hydrogens (tertiary/aromatic N) is 2. The van der Waals surface area contributed by atoms with Crippen LogP contribution in [0.25, 0.3) is 10.9 Å². The van der Waals surface area contributed by atoms with Crippen LogP contribution in [0, 0.1) is 6.92 Å². The topological polar surface area (TPSA) is 43.0 Å². The Morgan fingerprint density at radius 2 is 2.16 bits per heavy atom. The minimum Gasteiger partial charge on any atom is -0.359 e. The number of aryl methyl sites for hydroxylation is 1. The number of para-hydroxylation sites is 1. The van der Waals surface area contributed by atoms with E-state index in [1.807, 2.05) is 20.0 Å². The van der Waals surface area contributed by atoms with Crippen molar-refractivity contribution in [3.05, 3.63) is 53.5 Å². The number of aromatic nitrogens is 2. The van der Waals surface area contributed by atoms with Gasteiger partial charge in [0.2, 0.25) is 0 Å². The van der Waals surface area contributed by atoms with Gasteiger partial charge in [-0.1, -0.05) is 23.4 Å². The van der Waals surface area contributed by atoms with Gasteiger partial charge in [-0.2, -0.15) is 0 Å². The molecule has 2 aromatic heterocycles. The maximum absolute atomic E-state index is 5.30. The Balaban J connectivity index is 2.03. The van der Waals surface area contributed by atoms with Crippen molar-refractivity contribution in [3.63, 3.8) is 0 Å². The molecule has 0 saturated carbocycles. The first-order valence-corrected chi connectivity index (χ1v) is 6.41. The molecule has 98 valence electrons. The lowest BCUT2D eigenvalue weighted by molar-refractivity contribution is 0.374. The van der Waals surface area contributed by atoms with E-state index in [1.165, 1.54) is 16.5 Å². The summed E-state index contributed by atoms with van der Waals surface area (Å²) in [6, 6.07) is 10.4. The van der Waals surface area contributed by atoms with E-state index >= 15 is 0 Å². The van der Waals surface area contributed by atoms with E-state index in [2.05, 4.69) is 45.5 Å². The summed E-state index contributed by atoms with van der Waals surface area (Å²) < 4.78 is 7.51. The second-order valence-electron chi connectivity index (χ2n) is 4.76. The molecule has 4 nitrogen and oxygen atoms in total. The van der Waals surface area contributed by atoms with Crippen molar-refractivity contribution in [3.8, 4) is 0 Å². The summed E-state index contributed by atoms with van der Waals surface area (Å²) >= 11 is 0. The highest BCUT2D eigenvalue weighted by Crippen LogP contribution is 2.22. The lowest BCUT2D eigenvalue weighted by Crippen LogP contribution is -2.04. The largest absolute Gasteiger partial charge is 0.359 e. The van der Waals surface area contributed by atoms with Gasteiger partial charge in [-0.3, -0.25) is 0 Å². The molecular weight excluding hydrogens is 238 g/mol. The highest BCUT2D eigenvalue weighted by atomic mass is 16.5. The van der Waals surface area contributed by atoms with Gasteiger partial charge in [-0.05, 0) is 25.6 Å². The molecule has 0 aliphatic carbocycles. The molecule has 4 heteroatoms. The second kappa shape index (κ2) is 4.90. The van der Waals surface area contributed by atoms with Crippen LogP contribution in [-0.4, -0.2) is 16.8 Å². The van der Waals surface area contributed by atoms with Crippen LogP contribution in [0.3, 0.4) is 0 Å². The summed E-state index contributed by atoms with van der Waals surface area (Å²) in [5, 5.41) is 8.43. The Bertz CT molecular complexity index is 696. The summed E-state index contributed by atoms with van der Waals surface area (Å²) in [5.74, 6) is 0.884. The third-order valence-corrected chi connectivity index (χ3v) is 3.24. The lowest BCUT2D eigenvalue weighted by Gasteiger charge is -2.01. The molecule has 0 fully saturated rings. The van der Waals surface area contributed by atoms with Gasteiger partial charge in [-0.15, -0.1) is 0 Å². The minimum absolute atomic E-state index is 0.713. The van der Waals surface area contributed by atoms with E-state index in [4.69, 9.17) is 4.52 Å². The molecule has 0 radical (unpaired) electrons. The number of fused-ring (bicyclic) bond motifs is 1. The van der Waals surface area contributed by atoms with Gasteiger partial charge in [0.15, 0.2) is 5.76 Å². The van der Waals surface area contributed by atoms with E-state index in [9.17, 15) is 0 Å². The van der Waals surface area contributed by atoms with Crippen LogP contribution in [0.5, 0.6) is 0 Å². The molecule has 19 heavy (non-hydrogen) atoms. The SMILES string of the molecule is CNCc1cn(Cc2cc(C)no2)c2ccccc12. The number of hydrogen-bond donors (Lipinski definition) is 1. The molecule has 0 aliphatic rings. The Morgan fingerprint density at radius 1 is 1.32 bits per heavy atom. The molecular formula is C15H17N3O. The minimum atomic E-state index is 0.713. The highest BCUT2D eigenvalue weighted by Gasteiger charge is 2.09. The quantitative estimate of drug-likeness (QED) is 0.779. The van der Waals surface area contributed by atoms with Gasteiger partial charge >= 0.3 is 0 Å². The monoisotopic (exact) mass is 255 g/mol. The highest BCUT2D eigenvalue weighted by molar-refractivity contribution is 5.84. The van der Waals surface area contributed by atoms with Crippen LogP contribution in [0.15, 0.2) is 41.1 Å². The maximum atomic E-state index is 5.30. The van der Waals surface area contributed by atoms with Crippen LogP contribution >= 0.6 is 0 Å². The molecule has 0 amide bonds. The average Bonchev–Trinajstić information content (AvgIpc) is 2.97. The van der Waals surface area contributed by atoms with Crippen molar-refractivity contribution in [2.45, 2.75) is 20.0 Å². The molecule has 3 aromatic rings. The van der Waals surface area contributed by atoms with E-state index in [-0.39, 0.29) is 0 Å². The maximum Gasteiger partial charge on any atom is 0.156 e. The normalized spacial score (nSPS) is 11.3. The van der Waals surface area contributed by atoms with Crippen molar-refractivity contribution in [2.24, 2.45) is 0 Å². The Morgan fingerprint density at radius 3 is 2.89 bits per heavy atom. The summed E-state index contributed by atoms with van der Waals surface area (Å²) in [6.07, 6.45) is 2.18. The first-order valence-electron chi connectivity index (χ1n) is 6.41. The van der Waals surface area contributed by atoms with E-state index in [1.54, 1.807) is 0 Å². The van der Waals surface area contributed by atoms with Gasteiger partial charge in [-0.25, -0.2) is 0 Å². The van der Waals surface area contributed by atoms with Crippen LogP contribution in [0.1, 0.15) is 17.0 Å². The zero-order chi connectivity index (χ0) is 13.2. The zero-order valence-corrected chi connectivity index (χ0v) is 11.2. The summed E-state index contributed by atoms with van der Waals surface area (Å²) in [4.78, 5) is 0. The molecule has 0 bridgehead atoms. The molecule has 0 atom stereocenters. The zero-order valence-electron chi connectivity index (χ0n) is 11.2. The standard InChI is InChI=1S/C15H17N3O/c1-11-7-13(19-17-11)10-18-9-12(8-16-2)14-5-3-4-6-15(14)18/h3-7,9,16H,8,10H2,1-2H3. The van der Waals surface area contributed by atoms with Gasteiger partial charge < -0.3 is 14.4 Å². The molecule has 2 heterocycles. The first kappa shape index (κ1) is 12.0. The smallest absolute Gasteiger partial charge is 0.156 e. The van der Waals surface area contributed by atoms with Crippen LogP contribution < -0.4 is 5.32 Å². The second-order valence-corrected chi connectivity index (χ2v) is 4.76. The molecule has 0 aliphatic heterocycles. The van der Waals surface area contributed by atoms with Crippen molar-refractivity contribution in [1.29, 1.82) is 0 Å².